The molecular formula is C12H12N4O5. The summed E-state index contributed by atoms with van der Waals surface area (Å²) in [7, 11) is 0. The number of hydrogen-bond acceptors (Lipinski definition) is 7. The van der Waals surface area contributed by atoms with Gasteiger partial charge in [-0.2, -0.15) is 10.1 Å². The maximum absolute atomic E-state index is 11.0. The van der Waals surface area contributed by atoms with Crippen LogP contribution in [-0.4, -0.2) is 34.3 Å². The molecule has 3 rings (SSSR count). The van der Waals surface area contributed by atoms with Gasteiger partial charge in [-0.25, -0.2) is 4.79 Å². The Morgan fingerprint density at radius 2 is 2.33 bits per heavy atom. The molecule has 2 heterocycles. The Labute approximate surface area is 118 Å². The summed E-state index contributed by atoms with van der Waals surface area (Å²) in [5.41, 5.74) is 0.809. The zero-order valence-electron chi connectivity index (χ0n) is 10.9. The van der Waals surface area contributed by atoms with Crippen LogP contribution in [0.4, 0.5) is 11.4 Å². The van der Waals surface area contributed by atoms with E-state index >= 15 is 0 Å². The third-order valence-electron chi connectivity index (χ3n) is 3.22. The van der Waals surface area contributed by atoms with Crippen LogP contribution in [0.5, 0.6) is 0 Å². The molecule has 0 amide bonds. The van der Waals surface area contributed by atoms with Crippen molar-refractivity contribution in [1.29, 1.82) is 0 Å². The van der Waals surface area contributed by atoms with Crippen molar-refractivity contribution in [3.8, 4) is 11.4 Å². The second-order valence-corrected chi connectivity index (χ2v) is 4.58. The molecule has 9 heteroatoms. The van der Waals surface area contributed by atoms with Crippen molar-refractivity contribution in [2.45, 2.75) is 12.5 Å². The third-order valence-corrected chi connectivity index (χ3v) is 3.22. The summed E-state index contributed by atoms with van der Waals surface area (Å²) in [6.45, 7) is 1.20. The second-order valence-electron chi connectivity index (χ2n) is 4.58. The smallest absolute Gasteiger partial charge is 0.377 e. The number of anilines is 1. The van der Waals surface area contributed by atoms with Gasteiger partial charge in [0.25, 0.3) is 5.69 Å². The summed E-state index contributed by atoms with van der Waals surface area (Å²) in [4.78, 5) is 25.1. The summed E-state index contributed by atoms with van der Waals surface area (Å²) >= 11 is 0. The van der Waals surface area contributed by atoms with Gasteiger partial charge in [0, 0.05) is 24.8 Å². The minimum absolute atomic E-state index is 0.0519. The standard InChI is InChI=1S/C12H12N4O5/c17-12-14-11(15-21-12)7-1-2-10(16(18)19)9(5-7)13-6-8-3-4-20-8/h1-2,5,8,13H,3-4,6H2,(H,14,15,17)/t8-/m0/s1. The van der Waals surface area contributed by atoms with Crippen LogP contribution in [0.25, 0.3) is 11.4 Å². The van der Waals surface area contributed by atoms with Gasteiger partial charge in [0.15, 0.2) is 5.82 Å². The maximum atomic E-state index is 11.0. The van der Waals surface area contributed by atoms with Gasteiger partial charge in [-0.05, 0) is 18.6 Å². The van der Waals surface area contributed by atoms with Gasteiger partial charge in [-0.1, -0.05) is 0 Å². The van der Waals surface area contributed by atoms with Crippen molar-refractivity contribution in [3.05, 3.63) is 38.9 Å². The van der Waals surface area contributed by atoms with E-state index in [1.807, 2.05) is 0 Å². The molecule has 1 fully saturated rings. The molecule has 1 saturated heterocycles. The SMILES string of the molecule is O=c1nc(-c2ccc([N+](=O)[O-])c(NC[C@@H]3CCO3)c2)[nH]o1. The molecule has 0 bridgehead atoms. The summed E-state index contributed by atoms with van der Waals surface area (Å²) in [5, 5.41) is 16.4. The monoisotopic (exact) mass is 292 g/mol. The molecule has 1 aromatic heterocycles. The van der Waals surface area contributed by atoms with E-state index in [9.17, 15) is 14.9 Å². The Hall–Kier alpha value is -2.68. The van der Waals surface area contributed by atoms with Crippen molar-refractivity contribution in [1.82, 2.24) is 10.1 Å². The average Bonchev–Trinajstić information content (AvgIpc) is 2.83. The van der Waals surface area contributed by atoms with Crippen LogP contribution in [0.2, 0.25) is 0 Å². The van der Waals surface area contributed by atoms with Crippen LogP contribution in [0.1, 0.15) is 6.42 Å². The zero-order valence-corrected chi connectivity index (χ0v) is 10.9. The number of nitrogens with one attached hydrogen (secondary N) is 2. The topological polar surface area (TPSA) is 123 Å². The minimum atomic E-state index is -0.749. The first-order chi connectivity index (χ1) is 10.1. The average molecular weight is 292 g/mol. The van der Waals surface area contributed by atoms with E-state index in [2.05, 4.69) is 20.0 Å². The molecule has 0 radical (unpaired) electrons. The van der Waals surface area contributed by atoms with Gasteiger partial charge in [0.1, 0.15) is 5.69 Å². The number of ether oxygens (including phenoxy) is 1. The molecule has 110 valence electrons. The molecule has 0 saturated carbocycles. The first-order valence-electron chi connectivity index (χ1n) is 6.33. The van der Waals surface area contributed by atoms with Crippen molar-refractivity contribution in [2.75, 3.05) is 18.5 Å². The number of aromatic amines is 1. The fraction of sp³-hybridized carbons (Fsp3) is 0.333. The second kappa shape index (κ2) is 5.37. The predicted octanol–water partition coefficient (Wildman–Crippen LogP) is 1.14. The van der Waals surface area contributed by atoms with E-state index in [0.29, 0.717) is 24.4 Å². The van der Waals surface area contributed by atoms with Crippen LogP contribution in [0, 0.1) is 10.1 Å². The molecule has 1 aromatic carbocycles. The molecule has 0 spiro atoms. The highest BCUT2D eigenvalue weighted by atomic mass is 16.6. The fourth-order valence-corrected chi connectivity index (χ4v) is 2.01. The lowest BCUT2D eigenvalue weighted by atomic mass is 10.1. The summed E-state index contributed by atoms with van der Waals surface area (Å²) in [6, 6.07) is 4.40. The van der Waals surface area contributed by atoms with Gasteiger partial charge in [0.05, 0.1) is 11.0 Å². The zero-order chi connectivity index (χ0) is 14.8. The fourth-order valence-electron chi connectivity index (χ4n) is 2.01. The Bertz CT molecular complexity index is 718. The first-order valence-corrected chi connectivity index (χ1v) is 6.33. The van der Waals surface area contributed by atoms with Gasteiger partial charge in [-0.3, -0.25) is 10.1 Å². The largest absolute Gasteiger partial charge is 0.460 e. The predicted molar refractivity (Wildman–Crippen MR) is 72.1 cm³/mol. The number of aromatic nitrogens is 2. The number of benzene rings is 1. The normalized spacial score (nSPS) is 17.2. The molecular weight excluding hydrogens is 280 g/mol. The van der Waals surface area contributed by atoms with E-state index in [4.69, 9.17) is 4.74 Å². The molecule has 21 heavy (non-hydrogen) atoms. The molecule has 0 unspecified atom stereocenters. The van der Waals surface area contributed by atoms with Gasteiger partial charge >= 0.3 is 5.76 Å². The molecule has 1 atom stereocenters. The maximum Gasteiger partial charge on any atom is 0.460 e. The summed E-state index contributed by atoms with van der Waals surface area (Å²) < 4.78 is 9.76. The lowest BCUT2D eigenvalue weighted by Gasteiger charge is -2.26. The number of H-pyrrole nitrogens is 1. The number of rotatable bonds is 5. The van der Waals surface area contributed by atoms with E-state index in [1.54, 1.807) is 6.07 Å². The van der Waals surface area contributed by atoms with E-state index in [-0.39, 0.29) is 17.6 Å². The Morgan fingerprint density at radius 3 is 2.90 bits per heavy atom. The van der Waals surface area contributed by atoms with E-state index in [1.165, 1.54) is 12.1 Å². The van der Waals surface area contributed by atoms with Crippen molar-refractivity contribution >= 4 is 11.4 Å². The van der Waals surface area contributed by atoms with Gasteiger partial charge in [0.2, 0.25) is 0 Å². The van der Waals surface area contributed by atoms with Crippen molar-refractivity contribution in [2.24, 2.45) is 0 Å². The lowest BCUT2D eigenvalue weighted by molar-refractivity contribution is -0.384. The highest BCUT2D eigenvalue weighted by molar-refractivity contribution is 5.70. The molecule has 0 aliphatic carbocycles. The Morgan fingerprint density at radius 1 is 1.52 bits per heavy atom. The van der Waals surface area contributed by atoms with Gasteiger partial charge < -0.3 is 14.6 Å². The van der Waals surface area contributed by atoms with Crippen LogP contribution in [0.3, 0.4) is 0 Å². The van der Waals surface area contributed by atoms with Crippen LogP contribution in [0.15, 0.2) is 27.5 Å². The highest BCUT2D eigenvalue weighted by Crippen LogP contribution is 2.29. The molecule has 1 aliphatic heterocycles. The first kappa shape index (κ1) is 13.3. The summed E-state index contributed by atoms with van der Waals surface area (Å²) in [6.07, 6.45) is 0.997. The Kier molecular flexibility index (Phi) is 3.40. The summed E-state index contributed by atoms with van der Waals surface area (Å²) in [5.74, 6) is -0.529. The lowest BCUT2D eigenvalue weighted by Crippen LogP contribution is -2.33. The van der Waals surface area contributed by atoms with Crippen LogP contribution < -0.4 is 11.1 Å². The quantitative estimate of drug-likeness (QED) is 0.625. The molecule has 9 nitrogen and oxygen atoms in total. The molecule has 2 aromatic rings. The van der Waals surface area contributed by atoms with E-state index < -0.39 is 10.7 Å². The highest BCUT2D eigenvalue weighted by Gasteiger charge is 2.21. The van der Waals surface area contributed by atoms with Gasteiger partial charge in [-0.15, -0.1) is 0 Å². The van der Waals surface area contributed by atoms with Crippen molar-refractivity contribution in [3.63, 3.8) is 0 Å². The van der Waals surface area contributed by atoms with Crippen LogP contribution >= 0.6 is 0 Å². The molecule has 1 aliphatic rings. The van der Waals surface area contributed by atoms with Crippen LogP contribution in [-0.2, 0) is 4.74 Å². The number of nitro benzene ring substituents is 1. The van der Waals surface area contributed by atoms with Crippen molar-refractivity contribution < 1.29 is 14.2 Å². The number of nitrogens with zero attached hydrogens (tertiary/aromatic N) is 2. The Balaban J connectivity index is 1.89. The number of hydrogen-bond donors (Lipinski definition) is 2. The number of nitro groups is 1. The minimum Gasteiger partial charge on any atom is -0.377 e. The van der Waals surface area contributed by atoms with E-state index in [0.717, 1.165) is 6.42 Å². The third kappa shape index (κ3) is 2.77. The molecule has 2 N–H and O–H groups in total.